The molecule has 0 aliphatic carbocycles. The SMILES string of the molecule is CCc1c2c(nc3ccc(OC(=O)N4CCC(Cc5ccc(-n6c(O)nnc6-c6cc(C(C)C)c(O)cc6O)cc5)CC4)cc13)-c1cc3c(c(=O)n1C2)COC(=O)C3(O)CC. The fraction of sp³-hybridized carbons (Fsp3) is 0.348. The normalized spacial score (nSPS) is 17.3. The monoisotopic (exact) mass is 826 g/mol. The average molecular weight is 827 g/mol. The van der Waals surface area contributed by atoms with Crippen LogP contribution in [0, 0.1) is 5.92 Å². The van der Waals surface area contributed by atoms with Crippen molar-refractivity contribution in [2.75, 3.05) is 13.1 Å². The van der Waals surface area contributed by atoms with Gasteiger partial charge in [0.25, 0.3) is 5.56 Å². The van der Waals surface area contributed by atoms with Gasteiger partial charge in [-0.1, -0.05) is 44.9 Å². The lowest BCUT2D eigenvalue weighted by Crippen LogP contribution is -2.44. The van der Waals surface area contributed by atoms with Crippen LogP contribution in [-0.2, 0) is 41.1 Å². The molecule has 3 aliphatic rings. The van der Waals surface area contributed by atoms with Crippen LogP contribution >= 0.6 is 0 Å². The number of aromatic nitrogens is 5. The number of aromatic hydroxyl groups is 3. The first kappa shape index (κ1) is 39.7. The van der Waals surface area contributed by atoms with Gasteiger partial charge in [-0.3, -0.25) is 4.79 Å². The van der Waals surface area contributed by atoms with Crippen molar-refractivity contribution >= 4 is 23.0 Å². The number of phenolic OH excluding ortho intramolecular Hbond substituents is 2. The summed E-state index contributed by atoms with van der Waals surface area (Å²) in [6, 6.07) is 17.4. The first-order valence-corrected chi connectivity index (χ1v) is 20.7. The molecule has 61 heavy (non-hydrogen) atoms. The second-order valence-electron chi connectivity index (χ2n) is 16.5. The molecule has 15 heteroatoms. The number of pyridine rings is 2. The van der Waals surface area contributed by atoms with Crippen LogP contribution in [0.3, 0.4) is 0 Å². The Morgan fingerprint density at radius 1 is 0.951 bits per heavy atom. The van der Waals surface area contributed by atoms with Crippen molar-refractivity contribution in [3.05, 3.63) is 104 Å². The van der Waals surface area contributed by atoms with Crippen molar-refractivity contribution in [2.45, 2.75) is 84.5 Å². The van der Waals surface area contributed by atoms with E-state index in [9.17, 15) is 34.8 Å². The summed E-state index contributed by atoms with van der Waals surface area (Å²) >= 11 is 0. The number of fused-ring (bicyclic) bond motifs is 5. The van der Waals surface area contributed by atoms with E-state index >= 15 is 0 Å². The van der Waals surface area contributed by atoms with E-state index in [-0.39, 0.29) is 65.5 Å². The van der Waals surface area contributed by atoms with Crippen LogP contribution in [0.1, 0.15) is 86.3 Å². The summed E-state index contributed by atoms with van der Waals surface area (Å²) in [6.07, 6.45) is 2.65. The maximum absolute atomic E-state index is 13.7. The van der Waals surface area contributed by atoms with Crippen molar-refractivity contribution in [3.8, 4) is 51.7 Å². The Balaban J connectivity index is 0.866. The number of esters is 1. The zero-order chi connectivity index (χ0) is 42.9. The van der Waals surface area contributed by atoms with Gasteiger partial charge in [0.05, 0.1) is 40.3 Å². The van der Waals surface area contributed by atoms with E-state index in [1.807, 2.05) is 51.1 Å². The number of cyclic esters (lactones) is 1. The van der Waals surface area contributed by atoms with E-state index in [1.54, 1.807) is 40.7 Å². The Morgan fingerprint density at radius 3 is 2.41 bits per heavy atom. The van der Waals surface area contributed by atoms with E-state index in [0.717, 1.165) is 41.3 Å². The molecule has 0 saturated carbocycles. The number of hydrogen-bond acceptors (Lipinski definition) is 12. The zero-order valence-corrected chi connectivity index (χ0v) is 34.3. The maximum atomic E-state index is 13.7. The summed E-state index contributed by atoms with van der Waals surface area (Å²) in [5.74, 6) is -0.00407. The molecule has 0 bridgehead atoms. The Hall–Kier alpha value is -6.74. The number of hydrogen-bond donors (Lipinski definition) is 4. The van der Waals surface area contributed by atoms with Crippen molar-refractivity contribution < 1.29 is 39.5 Å². The number of carbonyl (C=O) groups is 2. The molecule has 1 unspecified atom stereocenters. The topological polar surface area (TPSA) is 202 Å². The fourth-order valence-corrected chi connectivity index (χ4v) is 9.13. The predicted molar refractivity (Wildman–Crippen MR) is 224 cm³/mol. The van der Waals surface area contributed by atoms with Crippen molar-refractivity contribution in [3.63, 3.8) is 0 Å². The van der Waals surface area contributed by atoms with E-state index < -0.39 is 17.7 Å². The van der Waals surface area contributed by atoms with E-state index in [2.05, 4.69) is 10.2 Å². The van der Waals surface area contributed by atoms with Gasteiger partial charge in [-0.25, -0.2) is 19.1 Å². The van der Waals surface area contributed by atoms with Crippen LogP contribution in [0.25, 0.3) is 39.4 Å². The molecule has 6 heterocycles. The zero-order valence-electron chi connectivity index (χ0n) is 34.3. The molecule has 15 nitrogen and oxygen atoms in total. The van der Waals surface area contributed by atoms with Gasteiger partial charge < -0.3 is 39.4 Å². The highest BCUT2D eigenvalue weighted by Crippen LogP contribution is 2.42. The Labute approximate surface area is 350 Å². The number of carbonyl (C=O) groups excluding carboxylic acids is 2. The van der Waals surface area contributed by atoms with Crippen LogP contribution in [0.4, 0.5) is 4.79 Å². The molecule has 4 N–H and O–H groups in total. The van der Waals surface area contributed by atoms with Crippen molar-refractivity contribution in [1.82, 2.24) is 29.2 Å². The summed E-state index contributed by atoms with van der Waals surface area (Å²) in [6.45, 7) is 8.72. The van der Waals surface area contributed by atoms with Gasteiger partial charge in [0.15, 0.2) is 11.4 Å². The summed E-state index contributed by atoms with van der Waals surface area (Å²) < 4.78 is 14.2. The van der Waals surface area contributed by atoms with Gasteiger partial charge in [0.1, 0.15) is 23.9 Å². The van der Waals surface area contributed by atoms with Gasteiger partial charge in [-0.2, -0.15) is 0 Å². The molecule has 1 saturated heterocycles. The van der Waals surface area contributed by atoms with Crippen LogP contribution in [0.2, 0.25) is 0 Å². The molecular formula is C46H46N6O9. The predicted octanol–water partition coefficient (Wildman–Crippen LogP) is 6.58. The molecule has 314 valence electrons. The first-order valence-electron chi connectivity index (χ1n) is 20.7. The number of rotatable bonds is 8. The van der Waals surface area contributed by atoms with Crippen LogP contribution in [0.5, 0.6) is 23.3 Å². The highest BCUT2D eigenvalue weighted by atomic mass is 16.6. The third-order valence-corrected chi connectivity index (χ3v) is 12.6. The number of likely N-dealkylation sites (tertiary alicyclic amines) is 1. The van der Waals surface area contributed by atoms with Gasteiger partial charge in [0.2, 0.25) is 0 Å². The van der Waals surface area contributed by atoms with Crippen LogP contribution in [0.15, 0.2) is 65.5 Å². The molecule has 0 spiro atoms. The average Bonchev–Trinajstić information content (AvgIpc) is 3.82. The minimum Gasteiger partial charge on any atom is -0.508 e. The van der Waals surface area contributed by atoms with Crippen LogP contribution < -0.4 is 10.3 Å². The molecular weight excluding hydrogens is 781 g/mol. The molecule has 1 amide bonds. The minimum absolute atomic E-state index is 0.0124. The number of aryl methyl sites for hydroxylation is 1. The number of amides is 1. The Bertz CT molecular complexity index is 2820. The highest BCUT2D eigenvalue weighted by Gasteiger charge is 2.45. The molecule has 6 aromatic rings. The third kappa shape index (κ3) is 6.63. The maximum Gasteiger partial charge on any atom is 0.415 e. The van der Waals surface area contributed by atoms with Gasteiger partial charge >= 0.3 is 18.1 Å². The number of benzene rings is 3. The lowest BCUT2D eigenvalue weighted by Gasteiger charge is -2.31. The number of nitrogens with zero attached hydrogens (tertiary/aromatic N) is 6. The Morgan fingerprint density at radius 2 is 1.70 bits per heavy atom. The molecule has 3 aromatic heterocycles. The van der Waals surface area contributed by atoms with E-state index in [4.69, 9.17) is 14.5 Å². The standard InChI is InChI=1S/C46H46N6O9/c1-5-29-31-18-28(11-12-36(31)47-40-33(29)22-51-37(40)20-35-34(42(51)55)23-60-43(56)46(35,59)6-2)61-45(58)50-15-13-26(14-16-50)17-25-7-9-27(10-8-25)52-41(48-49-44(52)57)32-19-30(24(3)4)38(53)21-39(32)54/h7-12,18-21,24,26,53-54,59H,5-6,13-17,22-23H2,1-4H3,(H,49,57). The van der Waals surface area contributed by atoms with E-state index in [0.29, 0.717) is 64.9 Å². The summed E-state index contributed by atoms with van der Waals surface area (Å²) in [7, 11) is 0. The van der Waals surface area contributed by atoms with Crippen molar-refractivity contribution in [2.24, 2.45) is 5.92 Å². The third-order valence-electron chi connectivity index (χ3n) is 12.6. The number of phenols is 2. The molecule has 3 aliphatic heterocycles. The highest BCUT2D eigenvalue weighted by molar-refractivity contribution is 5.90. The second-order valence-corrected chi connectivity index (χ2v) is 16.5. The summed E-state index contributed by atoms with van der Waals surface area (Å²) in [5.41, 5.74) is 4.67. The quantitative estimate of drug-likeness (QED) is 0.120. The van der Waals surface area contributed by atoms with Gasteiger partial charge in [-0.15, -0.1) is 5.10 Å². The molecule has 9 rings (SSSR count). The summed E-state index contributed by atoms with van der Waals surface area (Å²) in [5, 5.41) is 51.7. The minimum atomic E-state index is -1.91. The van der Waals surface area contributed by atoms with Crippen LogP contribution in [-0.4, -0.2) is 74.8 Å². The largest absolute Gasteiger partial charge is 0.508 e. The first-order chi connectivity index (χ1) is 29.3. The van der Waals surface area contributed by atoms with Crippen molar-refractivity contribution in [1.29, 1.82) is 0 Å². The van der Waals surface area contributed by atoms with E-state index in [1.165, 1.54) is 10.6 Å². The second kappa shape index (κ2) is 15.1. The molecule has 3 aromatic carbocycles. The smallest absolute Gasteiger partial charge is 0.415 e. The fourth-order valence-electron chi connectivity index (χ4n) is 9.13. The van der Waals surface area contributed by atoms with Gasteiger partial charge in [0, 0.05) is 35.7 Å². The number of aliphatic hydroxyl groups is 1. The van der Waals surface area contributed by atoms with Gasteiger partial charge in [-0.05, 0) is 103 Å². The Kier molecular flexibility index (Phi) is 9.81. The lowest BCUT2D eigenvalue weighted by atomic mass is 9.86. The number of piperidine rings is 1. The number of ether oxygens (including phenoxy) is 2. The lowest BCUT2D eigenvalue weighted by molar-refractivity contribution is -0.172. The summed E-state index contributed by atoms with van der Waals surface area (Å²) in [4.78, 5) is 46.4. The molecule has 1 atom stereocenters. The molecule has 1 fully saturated rings. The molecule has 0 radical (unpaired) electrons.